The number of nitrogens with one attached hydrogen (secondary N) is 1. The minimum absolute atomic E-state index is 0.156. The SMILES string of the molecule is O=C(Nc1ccc(N2CC[N]C(c3ccccc3)C2)cc1)c1cccnc1. The van der Waals surface area contributed by atoms with Crippen LogP contribution in [-0.2, 0) is 0 Å². The number of rotatable bonds is 4. The van der Waals surface area contributed by atoms with Crippen molar-refractivity contribution < 1.29 is 4.79 Å². The lowest BCUT2D eigenvalue weighted by Gasteiger charge is -2.34. The van der Waals surface area contributed by atoms with Gasteiger partial charge in [-0.1, -0.05) is 30.3 Å². The fourth-order valence-corrected chi connectivity index (χ4v) is 3.27. The summed E-state index contributed by atoms with van der Waals surface area (Å²) in [6.45, 7) is 2.59. The third-order valence-corrected chi connectivity index (χ3v) is 4.71. The second-order valence-electron chi connectivity index (χ2n) is 6.52. The summed E-state index contributed by atoms with van der Waals surface area (Å²) in [5.41, 5.74) is 3.71. The normalized spacial score (nSPS) is 16.7. The predicted molar refractivity (Wildman–Crippen MR) is 107 cm³/mol. The molecule has 1 aliphatic rings. The van der Waals surface area contributed by atoms with Gasteiger partial charge in [-0.05, 0) is 42.0 Å². The van der Waals surface area contributed by atoms with Crippen molar-refractivity contribution in [2.45, 2.75) is 6.04 Å². The first kappa shape index (κ1) is 17.2. The van der Waals surface area contributed by atoms with Crippen molar-refractivity contribution in [1.29, 1.82) is 0 Å². The number of amides is 1. The first-order chi connectivity index (χ1) is 13.3. The number of hydrogen-bond donors (Lipinski definition) is 1. The number of piperazine rings is 1. The van der Waals surface area contributed by atoms with Crippen LogP contribution in [0.15, 0.2) is 79.1 Å². The lowest BCUT2D eigenvalue weighted by Crippen LogP contribution is -2.42. The van der Waals surface area contributed by atoms with Gasteiger partial charge in [0, 0.05) is 43.4 Å². The van der Waals surface area contributed by atoms with Gasteiger partial charge in [0.05, 0.1) is 11.6 Å². The number of pyridine rings is 1. The van der Waals surface area contributed by atoms with Gasteiger partial charge in [0.2, 0.25) is 0 Å². The van der Waals surface area contributed by atoms with Gasteiger partial charge in [0.1, 0.15) is 0 Å². The molecule has 4 rings (SSSR count). The molecule has 1 fully saturated rings. The second-order valence-corrected chi connectivity index (χ2v) is 6.52. The zero-order valence-corrected chi connectivity index (χ0v) is 15.0. The van der Waals surface area contributed by atoms with E-state index in [1.54, 1.807) is 24.5 Å². The highest BCUT2D eigenvalue weighted by Gasteiger charge is 2.22. The lowest BCUT2D eigenvalue weighted by atomic mass is 10.0. The summed E-state index contributed by atoms with van der Waals surface area (Å²) in [5.74, 6) is -0.156. The Hall–Kier alpha value is -3.18. The van der Waals surface area contributed by atoms with Crippen molar-refractivity contribution in [3.8, 4) is 0 Å². The fourth-order valence-electron chi connectivity index (χ4n) is 3.27. The molecule has 0 bridgehead atoms. The molecule has 27 heavy (non-hydrogen) atoms. The quantitative estimate of drug-likeness (QED) is 0.777. The Kier molecular flexibility index (Phi) is 5.12. The van der Waals surface area contributed by atoms with E-state index in [4.69, 9.17) is 5.32 Å². The van der Waals surface area contributed by atoms with Crippen molar-refractivity contribution in [2.75, 3.05) is 29.9 Å². The number of aromatic nitrogens is 1. The lowest BCUT2D eigenvalue weighted by molar-refractivity contribution is 0.102. The van der Waals surface area contributed by atoms with Gasteiger partial charge in [0.15, 0.2) is 0 Å². The minimum atomic E-state index is -0.156. The van der Waals surface area contributed by atoms with Crippen LogP contribution >= 0.6 is 0 Å². The highest BCUT2D eigenvalue weighted by Crippen LogP contribution is 2.24. The average Bonchev–Trinajstić information content (AvgIpc) is 2.75. The van der Waals surface area contributed by atoms with E-state index >= 15 is 0 Å². The first-order valence-corrected chi connectivity index (χ1v) is 9.07. The molecule has 2 heterocycles. The summed E-state index contributed by atoms with van der Waals surface area (Å²) in [7, 11) is 0. The molecule has 1 aromatic heterocycles. The summed E-state index contributed by atoms with van der Waals surface area (Å²) in [5, 5.41) is 7.67. The monoisotopic (exact) mass is 357 g/mol. The molecule has 3 aromatic rings. The highest BCUT2D eigenvalue weighted by atomic mass is 16.1. The summed E-state index contributed by atoms with van der Waals surface area (Å²) < 4.78 is 0. The molecule has 5 heteroatoms. The van der Waals surface area contributed by atoms with Gasteiger partial charge in [-0.25, -0.2) is 5.32 Å². The molecule has 1 N–H and O–H groups in total. The molecule has 0 aliphatic carbocycles. The van der Waals surface area contributed by atoms with Crippen LogP contribution in [0.5, 0.6) is 0 Å². The number of carbonyl (C=O) groups excluding carboxylic acids is 1. The van der Waals surface area contributed by atoms with Gasteiger partial charge >= 0.3 is 0 Å². The summed E-state index contributed by atoms with van der Waals surface area (Å²) in [4.78, 5) is 18.5. The van der Waals surface area contributed by atoms with E-state index in [1.807, 2.05) is 30.3 Å². The number of nitrogens with zero attached hydrogens (tertiary/aromatic N) is 3. The van der Waals surface area contributed by atoms with Crippen LogP contribution in [0.25, 0.3) is 0 Å². The molecule has 2 aromatic carbocycles. The average molecular weight is 357 g/mol. The van der Waals surface area contributed by atoms with Gasteiger partial charge < -0.3 is 10.2 Å². The Morgan fingerprint density at radius 3 is 2.56 bits per heavy atom. The number of hydrogen-bond acceptors (Lipinski definition) is 3. The molecule has 0 spiro atoms. The zero-order valence-electron chi connectivity index (χ0n) is 15.0. The molecule has 1 unspecified atom stereocenters. The van der Waals surface area contributed by atoms with Gasteiger partial charge in [0.25, 0.3) is 5.91 Å². The Morgan fingerprint density at radius 2 is 1.81 bits per heavy atom. The van der Waals surface area contributed by atoms with Crippen LogP contribution in [0.3, 0.4) is 0 Å². The molecule has 1 saturated heterocycles. The molecule has 1 atom stereocenters. The Balaban J connectivity index is 1.42. The topological polar surface area (TPSA) is 59.3 Å². The highest BCUT2D eigenvalue weighted by molar-refractivity contribution is 6.04. The Labute approximate surface area is 159 Å². The van der Waals surface area contributed by atoms with Crippen molar-refractivity contribution in [3.05, 3.63) is 90.3 Å². The van der Waals surface area contributed by atoms with Crippen LogP contribution < -0.4 is 15.5 Å². The van der Waals surface area contributed by atoms with Crippen molar-refractivity contribution in [1.82, 2.24) is 10.3 Å². The van der Waals surface area contributed by atoms with E-state index in [1.165, 1.54) is 5.56 Å². The van der Waals surface area contributed by atoms with E-state index in [2.05, 4.69) is 39.5 Å². The Bertz CT molecular complexity index is 881. The largest absolute Gasteiger partial charge is 0.368 e. The van der Waals surface area contributed by atoms with Gasteiger partial charge in [-0.3, -0.25) is 9.78 Å². The standard InChI is InChI=1S/C22H21N4O/c27-22(18-7-4-12-23-15-18)25-19-8-10-20(11-9-19)26-14-13-24-21(16-26)17-5-2-1-3-6-17/h1-12,15,21H,13-14,16H2,(H,25,27). The summed E-state index contributed by atoms with van der Waals surface area (Å²) >= 11 is 0. The van der Waals surface area contributed by atoms with Gasteiger partial charge in [-0.15, -0.1) is 0 Å². The molecule has 1 aliphatic heterocycles. The van der Waals surface area contributed by atoms with E-state index < -0.39 is 0 Å². The third-order valence-electron chi connectivity index (χ3n) is 4.71. The van der Waals surface area contributed by atoms with Crippen LogP contribution in [0.4, 0.5) is 11.4 Å². The second kappa shape index (κ2) is 8.01. The molecule has 1 amide bonds. The number of benzene rings is 2. The van der Waals surface area contributed by atoms with Crippen LogP contribution in [-0.4, -0.2) is 30.5 Å². The van der Waals surface area contributed by atoms with Crippen molar-refractivity contribution >= 4 is 17.3 Å². The smallest absolute Gasteiger partial charge is 0.257 e. The van der Waals surface area contributed by atoms with Crippen LogP contribution in [0.1, 0.15) is 22.0 Å². The van der Waals surface area contributed by atoms with Crippen molar-refractivity contribution in [3.63, 3.8) is 0 Å². The maximum atomic E-state index is 12.2. The zero-order chi connectivity index (χ0) is 18.5. The third kappa shape index (κ3) is 4.15. The molecule has 5 nitrogen and oxygen atoms in total. The fraction of sp³-hybridized carbons (Fsp3) is 0.182. The molecular weight excluding hydrogens is 336 g/mol. The van der Waals surface area contributed by atoms with E-state index in [-0.39, 0.29) is 11.9 Å². The number of anilines is 2. The van der Waals surface area contributed by atoms with E-state index in [9.17, 15) is 4.79 Å². The van der Waals surface area contributed by atoms with Crippen molar-refractivity contribution in [2.24, 2.45) is 0 Å². The number of carbonyl (C=O) groups is 1. The maximum absolute atomic E-state index is 12.2. The van der Waals surface area contributed by atoms with Crippen LogP contribution in [0, 0.1) is 0 Å². The minimum Gasteiger partial charge on any atom is -0.368 e. The van der Waals surface area contributed by atoms with E-state index in [0.717, 1.165) is 31.0 Å². The Morgan fingerprint density at radius 1 is 1.00 bits per heavy atom. The maximum Gasteiger partial charge on any atom is 0.257 e. The molecule has 1 radical (unpaired) electrons. The van der Waals surface area contributed by atoms with Gasteiger partial charge in [-0.2, -0.15) is 0 Å². The summed E-state index contributed by atoms with van der Waals surface area (Å²) in [6, 6.07) is 22.1. The summed E-state index contributed by atoms with van der Waals surface area (Å²) in [6.07, 6.45) is 3.21. The molecular formula is C22H21N4O. The predicted octanol–water partition coefficient (Wildman–Crippen LogP) is 3.50. The van der Waals surface area contributed by atoms with Crippen LogP contribution in [0.2, 0.25) is 0 Å². The molecule has 0 saturated carbocycles. The van der Waals surface area contributed by atoms with E-state index in [0.29, 0.717) is 5.56 Å². The molecule has 135 valence electrons. The first-order valence-electron chi connectivity index (χ1n) is 9.07.